The number of nitrogens with one attached hydrogen (secondary N) is 2. The molecule has 2 aliphatic rings. The van der Waals surface area contributed by atoms with Crippen LogP contribution in [0.25, 0.3) is 0 Å². The molecule has 0 saturated carbocycles. The molecule has 44 heavy (non-hydrogen) atoms. The Labute approximate surface area is 252 Å². The average Bonchev–Trinajstić information content (AvgIpc) is 3.39. The van der Waals surface area contributed by atoms with Crippen molar-refractivity contribution in [2.45, 2.75) is 44.8 Å². The smallest absolute Gasteiger partial charge is 0.418 e. The Morgan fingerprint density at radius 1 is 1.00 bits per heavy atom. The van der Waals surface area contributed by atoms with Crippen molar-refractivity contribution in [1.29, 1.82) is 0 Å². The lowest BCUT2D eigenvalue weighted by molar-refractivity contribution is -0.137. The molecule has 2 aliphatic heterocycles. The predicted molar refractivity (Wildman–Crippen MR) is 159 cm³/mol. The standard InChI is InChI=1S/C30H34F3N7O4/c1-29(2,34)9-7-26(41)38-25-17-27(36-18-35-25)44-21-4-6-23-19(15-21)8-10-40(23)28(42)37-20-3-5-24(22(16-20)30(31,32)33)39-11-13-43-14-12-39/h3-6,15-18H,7-14,34H2,1-2H3,(H,37,42)(H,35,36,38,41). The molecule has 3 heterocycles. The normalized spacial score (nSPS) is 15.1. The number of aromatic nitrogens is 2. The number of urea groups is 1. The largest absolute Gasteiger partial charge is 0.439 e. The number of benzene rings is 2. The Morgan fingerprint density at radius 2 is 1.75 bits per heavy atom. The van der Waals surface area contributed by atoms with Gasteiger partial charge in [0.15, 0.2) is 0 Å². The van der Waals surface area contributed by atoms with Crippen molar-refractivity contribution in [1.82, 2.24) is 9.97 Å². The molecule has 0 aliphatic carbocycles. The molecular weight excluding hydrogens is 579 g/mol. The first kappa shape index (κ1) is 31.0. The number of anilines is 4. The van der Waals surface area contributed by atoms with Crippen molar-refractivity contribution in [2.75, 3.05) is 53.3 Å². The zero-order chi connectivity index (χ0) is 31.5. The number of rotatable bonds is 8. The molecular formula is C30H34F3N7O4. The zero-order valence-electron chi connectivity index (χ0n) is 24.4. The Kier molecular flexibility index (Phi) is 8.92. The van der Waals surface area contributed by atoms with Crippen LogP contribution in [0, 0.1) is 0 Å². The van der Waals surface area contributed by atoms with Crippen LogP contribution in [0.2, 0.25) is 0 Å². The molecule has 11 nitrogen and oxygen atoms in total. The molecule has 0 spiro atoms. The van der Waals surface area contributed by atoms with Gasteiger partial charge in [0.25, 0.3) is 0 Å². The highest BCUT2D eigenvalue weighted by molar-refractivity contribution is 6.03. The van der Waals surface area contributed by atoms with E-state index in [0.29, 0.717) is 57.1 Å². The number of halogens is 3. The first-order chi connectivity index (χ1) is 20.9. The summed E-state index contributed by atoms with van der Waals surface area (Å²) in [5.41, 5.74) is 6.21. The number of carbonyl (C=O) groups is 2. The van der Waals surface area contributed by atoms with E-state index in [1.807, 2.05) is 13.8 Å². The molecule has 0 radical (unpaired) electrons. The minimum Gasteiger partial charge on any atom is -0.439 e. The molecule has 0 unspecified atom stereocenters. The van der Waals surface area contributed by atoms with E-state index in [-0.39, 0.29) is 35.4 Å². The Hall–Kier alpha value is -4.43. The number of fused-ring (bicyclic) bond motifs is 1. The van der Waals surface area contributed by atoms with E-state index in [4.69, 9.17) is 15.2 Å². The van der Waals surface area contributed by atoms with Gasteiger partial charge in [-0.05, 0) is 68.7 Å². The van der Waals surface area contributed by atoms with Crippen molar-refractivity contribution in [3.63, 3.8) is 0 Å². The van der Waals surface area contributed by atoms with Crippen LogP contribution in [-0.4, -0.2) is 60.3 Å². The first-order valence-corrected chi connectivity index (χ1v) is 14.2. The van der Waals surface area contributed by atoms with Gasteiger partial charge in [-0.25, -0.2) is 14.8 Å². The van der Waals surface area contributed by atoms with Gasteiger partial charge in [0.2, 0.25) is 11.8 Å². The summed E-state index contributed by atoms with van der Waals surface area (Å²) in [6, 6.07) is 9.92. The number of ether oxygens (including phenoxy) is 2. The van der Waals surface area contributed by atoms with Crippen molar-refractivity contribution in [3.8, 4) is 11.6 Å². The molecule has 0 bridgehead atoms. The maximum absolute atomic E-state index is 13.9. The van der Waals surface area contributed by atoms with Gasteiger partial charge in [-0.15, -0.1) is 0 Å². The van der Waals surface area contributed by atoms with Crippen molar-refractivity contribution < 1.29 is 32.2 Å². The lowest BCUT2D eigenvalue weighted by atomic mass is 10.00. The van der Waals surface area contributed by atoms with Crippen LogP contribution in [0.3, 0.4) is 0 Å². The number of hydrogen-bond donors (Lipinski definition) is 3. The lowest BCUT2D eigenvalue weighted by Crippen LogP contribution is -2.37. The first-order valence-electron chi connectivity index (χ1n) is 14.2. The molecule has 3 aromatic rings. The van der Waals surface area contributed by atoms with Crippen LogP contribution in [-0.2, 0) is 22.1 Å². The second-order valence-electron chi connectivity index (χ2n) is 11.3. The second-order valence-corrected chi connectivity index (χ2v) is 11.3. The SMILES string of the molecule is CC(C)(N)CCC(=O)Nc1cc(Oc2ccc3c(c2)CCN3C(=O)Nc2ccc(N3CCOCC3)c(C(F)(F)F)c2)ncn1. The quantitative estimate of drug-likeness (QED) is 0.317. The van der Waals surface area contributed by atoms with Crippen molar-refractivity contribution in [2.24, 2.45) is 5.73 Å². The number of amides is 3. The fourth-order valence-corrected chi connectivity index (χ4v) is 4.99. The molecule has 234 valence electrons. The van der Waals surface area contributed by atoms with Gasteiger partial charge in [0.05, 0.1) is 18.8 Å². The molecule has 1 aromatic heterocycles. The molecule has 0 atom stereocenters. The maximum atomic E-state index is 13.9. The van der Waals surface area contributed by atoms with Crippen LogP contribution in [0.15, 0.2) is 48.8 Å². The molecule has 2 aromatic carbocycles. The van der Waals surface area contributed by atoms with Crippen LogP contribution in [0.5, 0.6) is 11.6 Å². The van der Waals surface area contributed by atoms with E-state index < -0.39 is 23.3 Å². The highest BCUT2D eigenvalue weighted by Gasteiger charge is 2.36. The summed E-state index contributed by atoms with van der Waals surface area (Å²) in [6.07, 6.45) is -2.06. The summed E-state index contributed by atoms with van der Waals surface area (Å²) in [5.74, 6) is 0.723. The summed E-state index contributed by atoms with van der Waals surface area (Å²) in [6.45, 7) is 5.44. The number of hydrogen-bond acceptors (Lipinski definition) is 8. The highest BCUT2D eigenvalue weighted by atomic mass is 19.4. The van der Waals surface area contributed by atoms with E-state index >= 15 is 0 Å². The van der Waals surface area contributed by atoms with Crippen LogP contribution in [0.1, 0.15) is 37.8 Å². The molecule has 1 saturated heterocycles. The summed E-state index contributed by atoms with van der Waals surface area (Å²) >= 11 is 0. The van der Waals surface area contributed by atoms with Crippen LogP contribution in [0.4, 0.5) is 40.8 Å². The Balaban J connectivity index is 1.24. The van der Waals surface area contributed by atoms with E-state index in [0.717, 1.165) is 11.6 Å². The fraction of sp³-hybridized carbons (Fsp3) is 0.400. The van der Waals surface area contributed by atoms with Gasteiger partial charge in [0.1, 0.15) is 17.9 Å². The summed E-state index contributed by atoms with van der Waals surface area (Å²) in [5, 5.41) is 5.32. The predicted octanol–water partition coefficient (Wildman–Crippen LogP) is 5.17. The van der Waals surface area contributed by atoms with Gasteiger partial charge in [0, 0.05) is 54.7 Å². The molecule has 14 heteroatoms. The van der Waals surface area contributed by atoms with Crippen molar-refractivity contribution >= 4 is 34.8 Å². The number of nitrogens with zero attached hydrogens (tertiary/aromatic N) is 4. The fourth-order valence-electron chi connectivity index (χ4n) is 4.99. The van der Waals surface area contributed by atoms with Crippen molar-refractivity contribution in [3.05, 3.63) is 59.9 Å². The molecule has 4 N–H and O–H groups in total. The third kappa shape index (κ3) is 7.74. The van der Waals surface area contributed by atoms with E-state index in [2.05, 4.69) is 20.6 Å². The van der Waals surface area contributed by atoms with Crippen LogP contribution >= 0.6 is 0 Å². The molecule has 1 fully saturated rings. The highest BCUT2D eigenvalue weighted by Crippen LogP contribution is 2.39. The monoisotopic (exact) mass is 613 g/mol. The molecule has 3 amide bonds. The number of nitrogens with two attached hydrogens (primary N) is 1. The summed E-state index contributed by atoms with van der Waals surface area (Å²) < 4.78 is 53.0. The van der Waals surface area contributed by atoms with Gasteiger partial charge >= 0.3 is 12.2 Å². The Bertz CT molecular complexity index is 1520. The number of carbonyl (C=O) groups excluding carboxylic acids is 2. The number of alkyl halides is 3. The topological polar surface area (TPSA) is 135 Å². The average molecular weight is 614 g/mol. The number of morpholine rings is 1. The third-order valence-corrected chi connectivity index (χ3v) is 7.22. The third-order valence-electron chi connectivity index (χ3n) is 7.22. The van der Waals surface area contributed by atoms with Crippen LogP contribution < -0.4 is 30.9 Å². The minimum absolute atomic E-state index is 0.0473. The van der Waals surface area contributed by atoms with Gasteiger partial charge in [-0.2, -0.15) is 13.2 Å². The minimum atomic E-state index is -4.59. The summed E-state index contributed by atoms with van der Waals surface area (Å²) in [4.78, 5) is 36.7. The zero-order valence-corrected chi connectivity index (χ0v) is 24.4. The van der Waals surface area contributed by atoms with E-state index in [9.17, 15) is 22.8 Å². The van der Waals surface area contributed by atoms with Gasteiger partial charge < -0.3 is 30.7 Å². The lowest BCUT2D eigenvalue weighted by Gasteiger charge is -2.31. The van der Waals surface area contributed by atoms with Gasteiger partial charge in [-0.3, -0.25) is 9.69 Å². The maximum Gasteiger partial charge on any atom is 0.418 e. The van der Waals surface area contributed by atoms with Gasteiger partial charge in [-0.1, -0.05) is 0 Å². The summed E-state index contributed by atoms with van der Waals surface area (Å²) in [7, 11) is 0. The second kappa shape index (κ2) is 12.7. The Morgan fingerprint density at radius 3 is 2.48 bits per heavy atom. The van der Waals surface area contributed by atoms with E-state index in [1.165, 1.54) is 29.4 Å². The molecule has 5 rings (SSSR count). The van der Waals surface area contributed by atoms with E-state index in [1.54, 1.807) is 23.1 Å².